The smallest absolute Gasteiger partial charge is 0.223 e. The molecule has 1 unspecified atom stereocenters. The molecule has 0 radical (unpaired) electrons. The Hall–Kier alpha value is -2.01. The molecule has 0 amide bonds. The molecular weight excluding hydrogens is 252 g/mol. The number of anilines is 1. The molecule has 2 heterocycles. The molecule has 1 atom stereocenters. The monoisotopic (exact) mass is 272 g/mol. The fraction of sp³-hybridized carbons (Fsp3) is 0.400. The quantitative estimate of drug-likeness (QED) is 0.838. The van der Waals surface area contributed by atoms with Crippen molar-refractivity contribution >= 4 is 5.95 Å². The Morgan fingerprint density at radius 1 is 1.20 bits per heavy atom. The van der Waals surface area contributed by atoms with Crippen molar-refractivity contribution in [1.29, 1.82) is 0 Å². The lowest BCUT2D eigenvalue weighted by Crippen LogP contribution is -2.22. The Kier molecular flexibility index (Phi) is 5.01. The van der Waals surface area contributed by atoms with E-state index in [9.17, 15) is 5.11 Å². The van der Waals surface area contributed by atoms with Gasteiger partial charge in [-0.3, -0.25) is 4.98 Å². The molecule has 20 heavy (non-hydrogen) atoms. The van der Waals surface area contributed by atoms with Crippen LogP contribution in [-0.4, -0.2) is 33.2 Å². The van der Waals surface area contributed by atoms with Crippen molar-refractivity contribution in [2.75, 3.05) is 18.5 Å². The molecule has 5 nitrogen and oxygen atoms in total. The fourth-order valence-electron chi connectivity index (χ4n) is 2.06. The Morgan fingerprint density at radius 2 is 1.95 bits per heavy atom. The van der Waals surface area contributed by atoms with Gasteiger partial charge in [0.05, 0.1) is 0 Å². The summed E-state index contributed by atoms with van der Waals surface area (Å²) in [6, 6.07) is 7.74. The van der Waals surface area contributed by atoms with Gasteiger partial charge in [-0.1, -0.05) is 6.07 Å². The number of rotatable bonds is 6. The Labute approximate surface area is 119 Å². The summed E-state index contributed by atoms with van der Waals surface area (Å²) in [7, 11) is 0. The normalized spacial score (nSPS) is 12.2. The van der Waals surface area contributed by atoms with Gasteiger partial charge in [0.25, 0.3) is 0 Å². The summed E-state index contributed by atoms with van der Waals surface area (Å²) in [6.45, 7) is 4.61. The number of nitrogens with one attached hydrogen (secondary N) is 1. The zero-order valence-electron chi connectivity index (χ0n) is 11.9. The van der Waals surface area contributed by atoms with Crippen molar-refractivity contribution in [3.63, 3.8) is 0 Å². The van der Waals surface area contributed by atoms with Gasteiger partial charge >= 0.3 is 0 Å². The van der Waals surface area contributed by atoms with E-state index >= 15 is 0 Å². The highest BCUT2D eigenvalue weighted by Crippen LogP contribution is 2.08. The number of nitrogens with zero attached hydrogens (tertiary/aromatic N) is 3. The SMILES string of the molecule is Cc1cc(C)nc(NCC(CO)Cc2ccccn2)n1. The summed E-state index contributed by atoms with van der Waals surface area (Å²) in [5.74, 6) is 0.705. The van der Waals surface area contributed by atoms with Gasteiger partial charge < -0.3 is 10.4 Å². The second-order valence-corrected chi connectivity index (χ2v) is 4.93. The molecule has 0 aliphatic heterocycles. The lowest BCUT2D eigenvalue weighted by molar-refractivity contribution is 0.231. The van der Waals surface area contributed by atoms with Crippen LogP contribution in [0, 0.1) is 19.8 Å². The van der Waals surface area contributed by atoms with Crippen LogP contribution in [0.2, 0.25) is 0 Å². The molecule has 0 bridgehead atoms. The molecular formula is C15H20N4O. The molecule has 0 saturated heterocycles. The van der Waals surface area contributed by atoms with Crippen LogP contribution in [-0.2, 0) is 6.42 Å². The summed E-state index contributed by atoms with van der Waals surface area (Å²) < 4.78 is 0. The Bertz CT molecular complexity index is 525. The molecule has 0 aliphatic rings. The highest BCUT2D eigenvalue weighted by Gasteiger charge is 2.10. The van der Waals surface area contributed by atoms with Gasteiger partial charge in [0.15, 0.2) is 0 Å². The minimum atomic E-state index is 0.0920. The largest absolute Gasteiger partial charge is 0.396 e. The highest BCUT2D eigenvalue weighted by molar-refractivity contribution is 5.27. The first kappa shape index (κ1) is 14.4. The first-order chi connectivity index (χ1) is 9.67. The van der Waals surface area contributed by atoms with E-state index in [2.05, 4.69) is 20.3 Å². The molecule has 2 aromatic heterocycles. The molecule has 0 saturated carbocycles. The molecule has 106 valence electrons. The van der Waals surface area contributed by atoms with E-state index in [0.717, 1.165) is 23.5 Å². The van der Waals surface area contributed by atoms with Crippen LogP contribution in [0.3, 0.4) is 0 Å². The van der Waals surface area contributed by atoms with Crippen molar-refractivity contribution in [2.45, 2.75) is 20.3 Å². The minimum absolute atomic E-state index is 0.0920. The summed E-state index contributed by atoms with van der Waals surface area (Å²) >= 11 is 0. The number of pyridine rings is 1. The number of aromatic nitrogens is 3. The number of aliphatic hydroxyl groups excluding tert-OH is 1. The lowest BCUT2D eigenvalue weighted by atomic mass is 10.0. The predicted octanol–water partition coefficient (Wildman–Crippen LogP) is 1.75. The van der Waals surface area contributed by atoms with Crippen LogP contribution >= 0.6 is 0 Å². The lowest BCUT2D eigenvalue weighted by Gasteiger charge is -2.15. The van der Waals surface area contributed by atoms with Crippen molar-refractivity contribution in [1.82, 2.24) is 15.0 Å². The second-order valence-electron chi connectivity index (χ2n) is 4.93. The molecule has 0 aliphatic carbocycles. The average Bonchev–Trinajstić information content (AvgIpc) is 2.43. The standard InChI is InChI=1S/C15H20N4O/c1-11-7-12(2)19-15(18-11)17-9-13(10-20)8-14-5-3-4-6-16-14/h3-7,13,20H,8-10H2,1-2H3,(H,17,18,19). The average molecular weight is 272 g/mol. The van der Waals surface area contributed by atoms with Gasteiger partial charge in [0, 0.05) is 42.3 Å². The first-order valence-electron chi connectivity index (χ1n) is 6.74. The topological polar surface area (TPSA) is 70.9 Å². The van der Waals surface area contributed by atoms with Gasteiger partial charge in [-0.15, -0.1) is 0 Å². The van der Waals surface area contributed by atoms with Gasteiger partial charge in [0.2, 0.25) is 5.95 Å². The van der Waals surface area contributed by atoms with Crippen molar-refractivity contribution in [2.24, 2.45) is 5.92 Å². The van der Waals surface area contributed by atoms with E-state index in [0.29, 0.717) is 12.5 Å². The highest BCUT2D eigenvalue weighted by atomic mass is 16.3. The van der Waals surface area contributed by atoms with Gasteiger partial charge in [-0.25, -0.2) is 9.97 Å². The maximum Gasteiger partial charge on any atom is 0.223 e. The van der Waals surface area contributed by atoms with E-state index in [1.165, 1.54) is 0 Å². The van der Waals surface area contributed by atoms with Gasteiger partial charge in [-0.05, 0) is 38.5 Å². The van der Waals surface area contributed by atoms with Gasteiger partial charge in [0.1, 0.15) is 0 Å². The summed E-state index contributed by atoms with van der Waals surface area (Å²) in [5.41, 5.74) is 2.85. The maximum atomic E-state index is 9.47. The summed E-state index contributed by atoms with van der Waals surface area (Å²) in [6.07, 6.45) is 2.50. The maximum absolute atomic E-state index is 9.47. The van der Waals surface area contributed by atoms with Crippen molar-refractivity contribution < 1.29 is 5.11 Å². The van der Waals surface area contributed by atoms with Crippen LogP contribution in [0.5, 0.6) is 0 Å². The zero-order chi connectivity index (χ0) is 14.4. The third-order valence-corrected chi connectivity index (χ3v) is 3.01. The first-order valence-corrected chi connectivity index (χ1v) is 6.74. The molecule has 2 rings (SSSR count). The molecule has 0 spiro atoms. The van der Waals surface area contributed by atoms with Crippen LogP contribution in [0.15, 0.2) is 30.5 Å². The van der Waals surface area contributed by atoms with Gasteiger partial charge in [-0.2, -0.15) is 0 Å². The summed E-state index contributed by atoms with van der Waals surface area (Å²) in [5, 5.41) is 12.7. The Morgan fingerprint density at radius 3 is 2.55 bits per heavy atom. The third kappa shape index (κ3) is 4.28. The van der Waals surface area contributed by atoms with Crippen LogP contribution < -0.4 is 5.32 Å². The number of hydrogen-bond acceptors (Lipinski definition) is 5. The minimum Gasteiger partial charge on any atom is -0.396 e. The van der Waals surface area contributed by atoms with E-state index in [1.807, 2.05) is 38.1 Å². The fourth-order valence-corrected chi connectivity index (χ4v) is 2.06. The third-order valence-electron chi connectivity index (χ3n) is 3.01. The van der Waals surface area contributed by atoms with E-state index in [-0.39, 0.29) is 12.5 Å². The van der Waals surface area contributed by atoms with Crippen molar-refractivity contribution in [3.05, 3.63) is 47.5 Å². The van der Waals surface area contributed by atoms with E-state index in [1.54, 1.807) is 6.20 Å². The zero-order valence-corrected chi connectivity index (χ0v) is 11.9. The van der Waals surface area contributed by atoms with E-state index < -0.39 is 0 Å². The van der Waals surface area contributed by atoms with E-state index in [4.69, 9.17) is 0 Å². The van der Waals surface area contributed by atoms with Crippen LogP contribution in [0.1, 0.15) is 17.1 Å². The second kappa shape index (κ2) is 6.96. The molecule has 5 heteroatoms. The Balaban J connectivity index is 1.93. The predicted molar refractivity (Wildman–Crippen MR) is 78.5 cm³/mol. The molecule has 2 aromatic rings. The molecule has 0 fully saturated rings. The number of hydrogen-bond donors (Lipinski definition) is 2. The van der Waals surface area contributed by atoms with Crippen LogP contribution in [0.4, 0.5) is 5.95 Å². The molecule has 0 aromatic carbocycles. The van der Waals surface area contributed by atoms with Crippen molar-refractivity contribution in [3.8, 4) is 0 Å². The number of aliphatic hydroxyl groups is 1. The summed E-state index contributed by atoms with van der Waals surface area (Å²) in [4.78, 5) is 12.9. The molecule has 2 N–H and O–H groups in total. The number of aryl methyl sites for hydroxylation is 2. The van der Waals surface area contributed by atoms with Crippen LogP contribution in [0.25, 0.3) is 0 Å².